The van der Waals surface area contributed by atoms with Gasteiger partial charge in [-0.1, -0.05) is 46.8 Å². The Morgan fingerprint density at radius 3 is 2.32 bits per heavy atom. The van der Waals surface area contributed by atoms with E-state index in [1.807, 2.05) is 18.2 Å². The van der Waals surface area contributed by atoms with Gasteiger partial charge in [0.15, 0.2) is 5.75 Å². The lowest BCUT2D eigenvalue weighted by Crippen LogP contribution is -2.10. The van der Waals surface area contributed by atoms with Crippen molar-refractivity contribution in [2.24, 2.45) is 5.92 Å². The van der Waals surface area contributed by atoms with Gasteiger partial charge in [-0.15, -0.1) is 0 Å². The molecule has 5 nitrogen and oxygen atoms in total. The van der Waals surface area contributed by atoms with Gasteiger partial charge < -0.3 is 14.6 Å². The van der Waals surface area contributed by atoms with E-state index in [0.29, 0.717) is 41.0 Å². The number of hydrogen-bond acceptors (Lipinski definition) is 4. The summed E-state index contributed by atoms with van der Waals surface area (Å²) in [6.07, 6.45) is 1.61. The fraction of sp³-hybridized carbons (Fsp3) is 0.348. The molecule has 0 aliphatic carbocycles. The zero-order chi connectivity index (χ0) is 20.3. The number of nitrogens with one attached hydrogen (secondary N) is 1. The summed E-state index contributed by atoms with van der Waals surface area (Å²) < 4.78 is 11.7. The van der Waals surface area contributed by atoms with Crippen LogP contribution in [-0.4, -0.2) is 21.9 Å². The van der Waals surface area contributed by atoms with Crippen molar-refractivity contribution in [1.82, 2.24) is 10.2 Å². The lowest BCUT2D eigenvalue weighted by molar-refractivity contribution is 0.270. The summed E-state index contributed by atoms with van der Waals surface area (Å²) in [6.45, 7) is 11.3. The molecule has 0 atom stereocenters. The maximum atomic E-state index is 10.5. The third-order valence-electron chi connectivity index (χ3n) is 4.37. The minimum Gasteiger partial charge on any atom is -0.507 e. The molecule has 0 unspecified atom stereocenters. The van der Waals surface area contributed by atoms with Gasteiger partial charge in [0.2, 0.25) is 0 Å². The van der Waals surface area contributed by atoms with Crippen molar-refractivity contribution in [1.29, 1.82) is 0 Å². The van der Waals surface area contributed by atoms with Crippen LogP contribution in [0.1, 0.15) is 40.2 Å². The number of phenols is 1. The first-order valence-corrected chi connectivity index (χ1v) is 9.52. The Balaban J connectivity index is 1.80. The normalized spacial score (nSPS) is 11.6. The van der Waals surface area contributed by atoms with Crippen LogP contribution in [0.5, 0.6) is 23.0 Å². The highest BCUT2D eigenvalue weighted by atomic mass is 16.5. The van der Waals surface area contributed by atoms with Gasteiger partial charge in [-0.25, -0.2) is 0 Å². The first-order chi connectivity index (χ1) is 13.2. The molecule has 1 heterocycles. The fourth-order valence-electron chi connectivity index (χ4n) is 2.77. The molecule has 0 bridgehead atoms. The number of nitrogens with zero attached hydrogens (tertiary/aromatic N) is 1. The Bertz CT molecular complexity index is 922. The van der Waals surface area contributed by atoms with Gasteiger partial charge in [-0.05, 0) is 41.2 Å². The van der Waals surface area contributed by atoms with Crippen LogP contribution in [0.3, 0.4) is 0 Å². The molecule has 5 heteroatoms. The number of benzene rings is 2. The molecule has 0 radical (unpaired) electrons. The van der Waals surface area contributed by atoms with E-state index in [4.69, 9.17) is 9.47 Å². The van der Waals surface area contributed by atoms with Gasteiger partial charge in [-0.3, -0.25) is 5.10 Å². The summed E-state index contributed by atoms with van der Waals surface area (Å²) in [5, 5.41) is 17.5. The molecule has 2 N–H and O–H groups in total. The summed E-state index contributed by atoms with van der Waals surface area (Å²) in [6, 6.07) is 13.3. The molecule has 0 fully saturated rings. The van der Waals surface area contributed by atoms with Gasteiger partial charge >= 0.3 is 0 Å². The number of aromatic nitrogens is 2. The quantitative estimate of drug-likeness (QED) is 0.558. The molecule has 0 saturated carbocycles. The van der Waals surface area contributed by atoms with Crippen molar-refractivity contribution < 1.29 is 14.6 Å². The van der Waals surface area contributed by atoms with Crippen LogP contribution in [0.2, 0.25) is 0 Å². The van der Waals surface area contributed by atoms with E-state index in [9.17, 15) is 5.11 Å². The highest BCUT2D eigenvalue weighted by Gasteiger charge is 2.16. The molecule has 0 spiro atoms. The number of aromatic amines is 1. The molecule has 0 aliphatic heterocycles. The average Bonchev–Trinajstić information content (AvgIpc) is 3.07. The summed E-state index contributed by atoms with van der Waals surface area (Å²) in [4.78, 5) is 0. The third kappa shape index (κ3) is 4.66. The van der Waals surface area contributed by atoms with Crippen molar-refractivity contribution in [2.45, 2.75) is 40.0 Å². The first kappa shape index (κ1) is 19.8. The van der Waals surface area contributed by atoms with E-state index >= 15 is 0 Å². The van der Waals surface area contributed by atoms with Gasteiger partial charge in [0.05, 0.1) is 12.8 Å². The van der Waals surface area contributed by atoms with Crippen LogP contribution >= 0.6 is 0 Å². The van der Waals surface area contributed by atoms with Gasteiger partial charge in [0.1, 0.15) is 22.9 Å². The second-order valence-electron chi connectivity index (χ2n) is 8.37. The van der Waals surface area contributed by atoms with Crippen molar-refractivity contribution in [3.8, 4) is 34.3 Å². The lowest BCUT2D eigenvalue weighted by Gasteiger charge is -2.19. The number of H-pyrrole nitrogens is 1. The van der Waals surface area contributed by atoms with Crippen molar-refractivity contribution in [3.05, 3.63) is 54.2 Å². The van der Waals surface area contributed by atoms with E-state index < -0.39 is 0 Å². The molecule has 0 amide bonds. The van der Waals surface area contributed by atoms with Crippen LogP contribution in [-0.2, 0) is 5.41 Å². The molecule has 148 valence electrons. The molecule has 28 heavy (non-hydrogen) atoms. The lowest BCUT2D eigenvalue weighted by atomic mass is 9.87. The predicted octanol–water partition coefficient (Wildman–Crippen LogP) is 5.91. The SMILES string of the molecule is CC(C)COc1ccc(-c2[nH]ncc2Oc2ccc(C(C)(C)C)cc2)c(O)c1. The van der Waals surface area contributed by atoms with Crippen LogP contribution in [0.4, 0.5) is 0 Å². The Labute approximate surface area is 166 Å². The molecular weight excluding hydrogens is 352 g/mol. The number of hydrogen-bond donors (Lipinski definition) is 2. The summed E-state index contributed by atoms with van der Waals surface area (Å²) in [5.41, 5.74) is 2.55. The third-order valence-corrected chi connectivity index (χ3v) is 4.37. The van der Waals surface area contributed by atoms with Crippen molar-refractivity contribution in [3.63, 3.8) is 0 Å². The smallest absolute Gasteiger partial charge is 0.173 e. The van der Waals surface area contributed by atoms with Gasteiger partial charge in [0.25, 0.3) is 0 Å². The highest BCUT2D eigenvalue weighted by Crippen LogP contribution is 2.38. The largest absolute Gasteiger partial charge is 0.507 e. The maximum absolute atomic E-state index is 10.5. The maximum Gasteiger partial charge on any atom is 0.173 e. The monoisotopic (exact) mass is 380 g/mol. The standard InChI is InChI=1S/C23H28N2O3/c1-15(2)14-27-18-10-11-19(20(26)12-18)22-21(13-24-25-22)28-17-8-6-16(7-9-17)23(3,4)5/h6-13,15,26H,14H2,1-5H3,(H,24,25). The van der Waals surface area contributed by atoms with Gasteiger partial charge in [0, 0.05) is 11.6 Å². The Morgan fingerprint density at radius 1 is 1.04 bits per heavy atom. The minimum atomic E-state index is 0.0878. The Kier molecular flexibility index (Phi) is 5.63. The number of phenolic OH excluding ortho intramolecular Hbond substituents is 1. The average molecular weight is 380 g/mol. The van der Waals surface area contributed by atoms with Crippen molar-refractivity contribution >= 4 is 0 Å². The highest BCUT2D eigenvalue weighted by molar-refractivity contribution is 5.73. The molecule has 0 saturated heterocycles. The molecule has 1 aromatic heterocycles. The van der Waals surface area contributed by atoms with Crippen LogP contribution in [0.25, 0.3) is 11.3 Å². The van der Waals surface area contributed by atoms with E-state index in [2.05, 4.69) is 56.9 Å². The van der Waals surface area contributed by atoms with Crippen LogP contribution in [0.15, 0.2) is 48.7 Å². The van der Waals surface area contributed by atoms with Gasteiger partial charge in [-0.2, -0.15) is 5.10 Å². The fourth-order valence-corrected chi connectivity index (χ4v) is 2.77. The van der Waals surface area contributed by atoms with Crippen LogP contribution in [0, 0.1) is 5.92 Å². The molecule has 3 aromatic rings. The summed E-state index contributed by atoms with van der Waals surface area (Å²) in [5.74, 6) is 2.42. The van der Waals surface area contributed by atoms with E-state index in [-0.39, 0.29) is 11.2 Å². The number of aromatic hydroxyl groups is 1. The first-order valence-electron chi connectivity index (χ1n) is 9.52. The minimum absolute atomic E-state index is 0.0878. The zero-order valence-corrected chi connectivity index (χ0v) is 17.1. The molecule has 3 rings (SSSR count). The number of ether oxygens (including phenoxy) is 2. The number of rotatable bonds is 6. The second-order valence-corrected chi connectivity index (χ2v) is 8.37. The van der Waals surface area contributed by atoms with E-state index in [0.717, 1.165) is 0 Å². The predicted molar refractivity (Wildman–Crippen MR) is 111 cm³/mol. The Hall–Kier alpha value is -2.95. The Morgan fingerprint density at radius 2 is 1.71 bits per heavy atom. The van der Waals surface area contributed by atoms with E-state index in [1.54, 1.807) is 18.3 Å². The summed E-state index contributed by atoms with van der Waals surface area (Å²) >= 11 is 0. The molecular formula is C23H28N2O3. The molecule has 2 aromatic carbocycles. The van der Waals surface area contributed by atoms with E-state index in [1.165, 1.54) is 5.56 Å². The van der Waals surface area contributed by atoms with Crippen molar-refractivity contribution in [2.75, 3.05) is 6.61 Å². The zero-order valence-electron chi connectivity index (χ0n) is 17.1. The molecule has 0 aliphatic rings. The summed E-state index contributed by atoms with van der Waals surface area (Å²) in [7, 11) is 0. The topological polar surface area (TPSA) is 67.4 Å². The second kappa shape index (κ2) is 7.97. The van der Waals surface area contributed by atoms with Crippen LogP contribution < -0.4 is 9.47 Å².